The highest BCUT2D eigenvalue weighted by Gasteiger charge is 2.27. The minimum Gasteiger partial charge on any atom is -0.467 e. The van der Waals surface area contributed by atoms with Crippen LogP contribution in [0.3, 0.4) is 0 Å². The summed E-state index contributed by atoms with van der Waals surface area (Å²) >= 11 is 0. The minimum absolute atomic E-state index is 0.0305. The summed E-state index contributed by atoms with van der Waals surface area (Å²) in [5, 5.41) is 9.50. The van der Waals surface area contributed by atoms with E-state index in [1.165, 1.54) is 6.26 Å². The highest BCUT2D eigenvalue weighted by atomic mass is 19.4. The molecule has 3 nitrogen and oxygen atoms in total. The maximum Gasteiger partial charge on any atom is 0.411 e. The number of aliphatic hydroxyl groups excluding tert-OH is 1. The summed E-state index contributed by atoms with van der Waals surface area (Å²) in [7, 11) is 0. The van der Waals surface area contributed by atoms with E-state index in [2.05, 4.69) is 4.74 Å². The molecule has 0 radical (unpaired) electrons. The first kappa shape index (κ1) is 13.1. The topological polar surface area (TPSA) is 42.6 Å². The van der Waals surface area contributed by atoms with Crippen molar-refractivity contribution in [1.82, 2.24) is 0 Å². The zero-order valence-corrected chi connectivity index (χ0v) is 8.54. The van der Waals surface area contributed by atoms with Crippen molar-refractivity contribution in [3.05, 3.63) is 24.2 Å². The largest absolute Gasteiger partial charge is 0.467 e. The van der Waals surface area contributed by atoms with E-state index in [4.69, 9.17) is 4.42 Å². The van der Waals surface area contributed by atoms with Gasteiger partial charge in [0.25, 0.3) is 0 Å². The van der Waals surface area contributed by atoms with Crippen LogP contribution in [0.25, 0.3) is 0 Å². The average molecular weight is 238 g/mol. The molecule has 0 saturated heterocycles. The first-order valence-corrected chi connectivity index (χ1v) is 4.85. The summed E-state index contributed by atoms with van der Waals surface area (Å²) in [6.07, 6.45) is -2.99. The molecule has 0 saturated carbocycles. The van der Waals surface area contributed by atoms with E-state index < -0.39 is 18.9 Å². The number of rotatable bonds is 6. The standard InChI is InChI=1S/C10H13F3O3/c11-10(12,13)7-15-5-1-3-8(14)9-4-2-6-16-9/h2,4,6,8,14H,1,3,5,7H2. The molecule has 0 aliphatic rings. The Hall–Kier alpha value is -1.01. The zero-order valence-electron chi connectivity index (χ0n) is 8.54. The van der Waals surface area contributed by atoms with Gasteiger partial charge < -0.3 is 14.3 Å². The number of aliphatic hydroxyl groups is 1. The van der Waals surface area contributed by atoms with Gasteiger partial charge in [0.2, 0.25) is 0 Å². The van der Waals surface area contributed by atoms with Crippen molar-refractivity contribution in [3.63, 3.8) is 0 Å². The lowest BCUT2D eigenvalue weighted by Gasteiger charge is -2.09. The van der Waals surface area contributed by atoms with Crippen LogP contribution in [0.2, 0.25) is 0 Å². The van der Waals surface area contributed by atoms with E-state index in [1.807, 2.05) is 0 Å². The lowest BCUT2D eigenvalue weighted by Crippen LogP contribution is -2.17. The van der Waals surface area contributed by atoms with Gasteiger partial charge in [-0.1, -0.05) is 0 Å². The van der Waals surface area contributed by atoms with Gasteiger partial charge in [0.05, 0.1) is 6.26 Å². The molecule has 1 rings (SSSR count). The fourth-order valence-electron chi connectivity index (χ4n) is 1.19. The monoisotopic (exact) mass is 238 g/mol. The van der Waals surface area contributed by atoms with Crippen LogP contribution in [0.5, 0.6) is 0 Å². The summed E-state index contributed by atoms with van der Waals surface area (Å²) < 4.78 is 44.4. The molecular weight excluding hydrogens is 225 g/mol. The number of halogens is 3. The van der Waals surface area contributed by atoms with Crippen molar-refractivity contribution in [2.75, 3.05) is 13.2 Å². The van der Waals surface area contributed by atoms with Crippen molar-refractivity contribution in [1.29, 1.82) is 0 Å². The zero-order chi connectivity index (χ0) is 12.0. The highest BCUT2D eigenvalue weighted by molar-refractivity contribution is 5.01. The van der Waals surface area contributed by atoms with Crippen molar-refractivity contribution < 1.29 is 27.4 Å². The molecule has 0 amide bonds. The van der Waals surface area contributed by atoms with Crippen LogP contribution < -0.4 is 0 Å². The number of alkyl halides is 3. The fraction of sp³-hybridized carbons (Fsp3) is 0.600. The smallest absolute Gasteiger partial charge is 0.411 e. The fourth-order valence-corrected chi connectivity index (χ4v) is 1.19. The van der Waals surface area contributed by atoms with Crippen molar-refractivity contribution in [2.24, 2.45) is 0 Å². The van der Waals surface area contributed by atoms with Gasteiger partial charge in [-0.15, -0.1) is 0 Å². The van der Waals surface area contributed by atoms with Crippen LogP contribution in [0, 0.1) is 0 Å². The molecule has 1 aromatic heterocycles. The summed E-state index contributed by atoms with van der Waals surface area (Å²) in [6, 6.07) is 3.25. The number of furan rings is 1. The molecule has 1 heterocycles. The van der Waals surface area contributed by atoms with Gasteiger partial charge in [-0.2, -0.15) is 13.2 Å². The van der Waals surface area contributed by atoms with Gasteiger partial charge in [0.15, 0.2) is 0 Å². The summed E-state index contributed by atoms with van der Waals surface area (Å²) in [5.74, 6) is 0.413. The Kier molecular flexibility index (Phi) is 4.82. The third-order valence-corrected chi connectivity index (χ3v) is 1.90. The van der Waals surface area contributed by atoms with Gasteiger partial charge in [-0.05, 0) is 25.0 Å². The molecule has 0 spiro atoms. The molecule has 0 fully saturated rings. The molecular formula is C10H13F3O3. The van der Waals surface area contributed by atoms with E-state index >= 15 is 0 Å². The second kappa shape index (κ2) is 5.91. The van der Waals surface area contributed by atoms with Crippen LogP contribution >= 0.6 is 0 Å². The Morgan fingerprint density at radius 3 is 2.75 bits per heavy atom. The SMILES string of the molecule is OC(CCCOCC(F)(F)F)c1ccco1. The number of ether oxygens (including phenoxy) is 1. The predicted octanol–water partition coefficient (Wildman–Crippen LogP) is 2.67. The Balaban J connectivity index is 2.08. The van der Waals surface area contributed by atoms with Gasteiger partial charge in [-0.3, -0.25) is 0 Å². The maximum absolute atomic E-state index is 11.7. The quantitative estimate of drug-likeness (QED) is 0.775. The molecule has 1 atom stereocenters. The second-order valence-electron chi connectivity index (χ2n) is 3.34. The van der Waals surface area contributed by atoms with Crippen LogP contribution in [0.1, 0.15) is 24.7 Å². The third-order valence-electron chi connectivity index (χ3n) is 1.90. The van der Waals surface area contributed by atoms with Gasteiger partial charge in [0.1, 0.15) is 18.5 Å². The third kappa shape index (κ3) is 5.18. The van der Waals surface area contributed by atoms with E-state index in [0.29, 0.717) is 18.6 Å². The lowest BCUT2D eigenvalue weighted by atomic mass is 10.1. The number of hydrogen-bond acceptors (Lipinski definition) is 3. The van der Waals surface area contributed by atoms with E-state index in [-0.39, 0.29) is 6.61 Å². The molecule has 92 valence electrons. The molecule has 0 aliphatic carbocycles. The first-order chi connectivity index (χ1) is 7.49. The molecule has 1 unspecified atom stereocenters. The van der Waals surface area contributed by atoms with E-state index in [9.17, 15) is 18.3 Å². The molecule has 6 heteroatoms. The van der Waals surface area contributed by atoms with Gasteiger partial charge >= 0.3 is 6.18 Å². The minimum atomic E-state index is -4.29. The van der Waals surface area contributed by atoms with Crippen molar-refractivity contribution >= 4 is 0 Å². The summed E-state index contributed by atoms with van der Waals surface area (Å²) in [5.41, 5.74) is 0. The molecule has 1 aromatic rings. The van der Waals surface area contributed by atoms with Crippen molar-refractivity contribution in [3.8, 4) is 0 Å². The molecule has 0 aliphatic heterocycles. The summed E-state index contributed by atoms with van der Waals surface area (Å²) in [6.45, 7) is -1.28. The van der Waals surface area contributed by atoms with E-state index in [0.717, 1.165) is 0 Å². The van der Waals surface area contributed by atoms with E-state index in [1.54, 1.807) is 12.1 Å². The normalized spacial score (nSPS) is 14.0. The average Bonchev–Trinajstić information content (AvgIpc) is 2.67. The van der Waals surface area contributed by atoms with Crippen LogP contribution in [0.4, 0.5) is 13.2 Å². The molecule has 1 N–H and O–H groups in total. The first-order valence-electron chi connectivity index (χ1n) is 4.85. The van der Waals surface area contributed by atoms with Crippen LogP contribution in [-0.2, 0) is 4.74 Å². The molecule has 0 bridgehead atoms. The lowest BCUT2D eigenvalue weighted by molar-refractivity contribution is -0.174. The number of hydrogen-bond donors (Lipinski definition) is 1. The Bertz CT molecular complexity index is 282. The van der Waals surface area contributed by atoms with Crippen molar-refractivity contribution in [2.45, 2.75) is 25.1 Å². The van der Waals surface area contributed by atoms with Crippen LogP contribution in [-0.4, -0.2) is 24.5 Å². The Labute approximate surface area is 90.8 Å². The van der Waals surface area contributed by atoms with Crippen LogP contribution in [0.15, 0.2) is 22.8 Å². The summed E-state index contributed by atoms with van der Waals surface area (Å²) in [4.78, 5) is 0. The predicted molar refractivity (Wildman–Crippen MR) is 49.8 cm³/mol. The van der Waals surface area contributed by atoms with Gasteiger partial charge in [-0.25, -0.2) is 0 Å². The molecule has 16 heavy (non-hydrogen) atoms. The Morgan fingerprint density at radius 2 is 2.19 bits per heavy atom. The van der Waals surface area contributed by atoms with Gasteiger partial charge in [0, 0.05) is 6.61 Å². The Morgan fingerprint density at radius 1 is 1.44 bits per heavy atom. The maximum atomic E-state index is 11.7. The molecule has 0 aromatic carbocycles. The highest BCUT2D eigenvalue weighted by Crippen LogP contribution is 2.19. The second-order valence-corrected chi connectivity index (χ2v) is 3.34.